The molecule has 1 heterocycles. The quantitative estimate of drug-likeness (QED) is 0.139. The molecular formula is C29H47BO9Si. The molecule has 1 aromatic carbocycles. The van der Waals surface area contributed by atoms with Crippen LogP contribution in [0.3, 0.4) is 0 Å². The Kier molecular flexibility index (Phi) is 12.9. The average Bonchev–Trinajstić information content (AvgIpc) is 3.18. The van der Waals surface area contributed by atoms with Gasteiger partial charge in [0.05, 0.1) is 25.9 Å². The van der Waals surface area contributed by atoms with Crippen molar-refractivity contribution in [2.45, 2.75) is 88.9 Å². The highest BCUT2D eigenvalue weighted by Crippen LogP contribution is 2.34. The van der Waals surface area contributed by atoms with E-state index in [9.17, 15) is 15.0 Å². The number of methoxy groups -OCH3 is 2. The van der Waals surface area contributed by atoms with Crippen molar-refractivity contribution in [3.8, 4) is 11.5 Å². The number of benzene rings is 1. The van der Waals surface area contributed by atoms with Crippen molar-refractivity contribution in [2.75, 3.05) is 27.6 Å². The predicted molar refractivity (Wildman–Crippen MR) is 161 cm³/mol. The predicted octanol–water partition coefficient (Wildman–Crippen LogP) is 3.82. The molecule has 1 aliphatic rings. The summed E-state index contributed by atoms with van der Waals surface area (Å²) in [5.41, 5.74) is 0.838. The number of rotatable bonds is 15. The smallest absolute Gasteiger partial charge is 0.342 e. The molecule has 40 heavy (non-hydrogen) atoms. The Labute approximate surface area is 240 Å². The molecule has 0 bridgehead atoms. The number of hydrogen-bond donors (Lipinski definition) is 2. The van der Waals surface area contributed by atoms with Gasteiger partial charge in [0, 0.05) is 21.3 Å². The fourth-order valence-electron chi connectivity index (χ4n) is 4.06. The summed E-state index contributed by atoms with van der Waals surface area (Å²) in [5.74, 6) is -0.674. The lowest BCUT2D eigenvalue weighted by Gasteiger charge is -2.20. The molecule has 0 aliphatic carbocycles. The molecule has 1 aliphatic heterocycles. The molecular weight excluding hydrogens is 531 g/mol. The standard InChI is InChI=1S/C29H47BO9Si/c1-19(31)22(30)12-13-23(32)27-24(38-29(2,3)39-27)11-9-10-20-16-21(35-5)17-25(37-18-34-4)26(20)28(33)36-14-15-40(6,7)8/h9-10,12-13,16-17,19,22-24,27,31-32H,11,14-15,18,30H2,1-8H3/b10-9+,13-12?/t19-,22-,23?,24-,27+/m0/s1. The molecule has 1 aromatic rings. The molecule has 5 atom stereocenters. The van der Waals surface area contributed by atoms with Gasteiger partial charge < -0.3 is 38.6 Å². The Morgan fingerprint density at radius 3 is 2.48 bits per heavy atom. The number of aliphatic hydroxyl groups is 2. The van der Waals surface area contributed by atoms with E-state index in [4.69, 9.17) is 28.4 Å². The monoisotopic (exact) mass is 578 g/mol. The van der Waals surface area contributed by atoms with Crippen molar-refractivity contribution in [3.63, 3.8) is 0 Å². The highest BCUT2D eigenvalue weighted by atomic mass is 28.3. The van der Waals surface area contributed by atoms with E-state index < -0.39 is 44.2 Å². The fourth-order valence-corrected chi connectivity index (χ4v) is 4.77. The molecule has 224 valence electrons. The molecule has 0 amide bonds. The topological polar surface area (TPSA) is 113 Å². The minimum Gasteiger partial charge on any atom is -0.497 e. The Balaban J connectivity index is 2.32. The number of aliphatic hydroxyl groups excluding tert-OH is 2. The van der Waals surface area contributed by atoms with Crippen LogP contribution in [0.25, 0.3) is 6.08 Å². The summed E-state index contributed by atoms with van der Waals surface area (Å²) in [6.07, 6.45) is 4.95. The van der Waals surface area contributed by atoms with Gasteiger partial charge >= 0.3 is 5.97 Å². The summed E-state index contributed by atoms with van der Waals surface area (Å²) in [6.45, 7) is 12.3. The van der Waals surface area contributed by atoms with Crippen molar-refractivity contribution in [1.82, 2.24) is 0 Å². The van der Waals surface area contributed by atoms with E-state index in [1.807, 2.05) is 13.9 Å². The van der Waals surface area contributed by atoms with Crippen LogP contribution >= 0.6 is 0 Å². The summed E-state index contributed by atoms with van der Waals surface area (Å²) in [7, 11) is 3.52. The van der Waals surface area contributed by atoms with Crippen LogP contribution < -0.4 is 9.47 Å². The second kappa shape index (κ2) is 15.2. The van der Waals surface area contributed by atoms with Crippen molar-refractivity contribution >= 4 is 28.0 Å². The summed E-state index contributed by atoms with van der Waals surface area (Å²) in [4.78, 5) is 13.3. The molecule has 2 rings (SSSR count). The number of ether oxygens (including phenoxy) is 6. The van der Waals surface area contributed by atoms with Crippen LogP contribution in [-0.2, 0) is 18.9 Å². The van der Waals surface area contributed by atoms with Crippen molar-refractivity contribution < 1.29 is 43.4 Å². The lowest BCUT2D eigenvalue weighted by molar-refractivity contribution is -0.152. The first kappa shape index (κ1) is 34.1. The third-order valence-corrected chi connectivity index (χ3v) is 8.26. The van der Waals surface area contributed by atoms with Crippen molar-refractivity contribution in [3.05, 3.63) is 41.5 Å². The zero-order valence-electron chi connectivity index (χ0n) is 25.4. The van der Waals surface area contributed by atoms with E-state index in [-0.39, 0.29) is 18.2 Å². The Hall–Kier alpha value is -2.15. The van der Waals surface area contributed by atoms with Gasteiger partial charge in [-0.05, 0) is 50.7 Å². The van der Waals surface area contributed by atoms with E-state index in [0.717, 1.165) is 6.04 Å². The first-order chi connectivity index (χ1) is 18.7. The van der Waals surface area contributed by atoms with Crippen molar-refractivity contribution in [2.24, 2.45) is 0 Å². The molecule has 0 spiro atoms. The van der Waals surface area contributed by atoms with E-state index in [1.54, 1.807) is 58.2 Å². The normalized spacial score (nSPS) is 21.4. The van der Waals surface area contributed by atoms with Crippen LogP contribution in [0.4, 0.5) is 0 Å². The summed E-state index contributed by atoms with van der Waals surface area (Å²) in [5, 5.41) is 20.6. The largest absolute Gasteiger partial charge is 0.497 e. The van der Waals surface area contributed by atoms with Gasteiger partial charge in [-0.15, -0.1) is 0 Å². The highest BCUT2D eigenvalue weighted by Gasteiger charge is 2.43. The molecule has 1 fully saturated rings. The van der Waals surface area contributed by atoms with Gasteiger partial charge in [-0.1, -0.05) is 43.9 Å². The molecule has 0 saturated carbocycles. The molecule has 1 unspecified atom stereocenters. The SMILES string of the molecule is B[C@@H](C=CC(O)[C@H]1OC(C)(C)O[C@H]1C/C=C/c1cc(OC)cc(OCOC)c1C(=O)OCC[Si](C)(C)C)[C@H](C)O. The maximum Gasteiger partial charge on any atom is 0.342 e. The summed E-state index contributed by atoms with van der Waals surface area (Å²) < 4.78 is 34.0. The molecule has 0 aromatic heterocycles. The van der Waals surface area contributed by atoms with Gasteiger partial charge in [-0.25, -0.2) is 4.79 Å². The Bertz CT molecular complexity index is 1020. The zero-order chi connectivity index (χ0) is 30.1. The number of esters is 1. The van der Waals surface area contributed by atoms with Gasteiger partial charge in [0.25, 0.3) is 0 Å². The first-order valence-corrected chi connectivity index (χ1v) is 17.5. The lowest BCUT2D eigenvalue weighted by atomic mass is 9.82. The molecule has 2 N–H and O–H groups in total. The highest BCUT2D eigenvalue weighted by molar-refractivity contribution is 6.76. The third-order valence-electron chi connectivity index (χ3n) is 6.56. The minimum atomic E-state index is -1.40. The van der Waals surface area contributed by atoms with E-state index >= 15 is 0 Å². The fraction of sp³-hybridized carbons (Fsp3) is 0.621. The van der Waals surface area contributed by atoms with Gasteiger partial charge in [0.1, 0.15) is 37.1 Å². The number of carbonyl (C=O) groups is 1. The van der Waals surface area contributed by atoms with Gasteiger partial charge in [-0.3, -0.25) is 0 Å². The summed E-state index contributed by atoms with van der Waals surface area (Å²) in [6, 6.07) is 4.22. The average molecular weight is 579 g/mol. The molecule has 0 radical (unpaired) electrons. The molecule has 9 nitrogen and oxygen atoms in total. The van der Waals surface area contributed by atoms with E-state index in [2.05, 4.69) is 19.6 Å². The number of carbonyl (C=O) groups excluding carboxylic acids is 1. The van der Waals surface area contributed by atoms with Gasteiger partial charge in [0.2, 0.25) is 0 Å². The first-order valence-electron chi connectivity index (χ1n) is 13.7. The maximum atomic E-state index is 13.3. The zero-order valence-corrected chi connectivity index (χ0v) is 26.4. The second-order valence-corrected chi connectivity index (χ2v) is 17.5. The van der Waals surface area contributed by atoms with Crippen LogP contribution in [0.15, 0.2) is 30.4 Å². The van der Waals surface area contributed by atoms with Crippen LogP contribution in [-0.4, -0.2) is 89.9 Å². The van der Waals surface area contributed by atoms with Crippen molar-refractivity contribution in [1.29, 1.82) is 0 Å². The Morgan fingerprint density at radius 1 is 1.18 bits per heavy atom. The van der Waals surface area contributed by atoms with E-state index in [1.165, 1.54) is 7.11 Å². The van der Waals surface area contributed by atoms with Crippen LogP contribution in [0.1, 0.15) is 43.1 Å². The third kappa shape index (κ3) is 10.7. The van der Waals surface area contributed by atoms with Crippen LogP contribution in [0.2, 0.25) is 31.5 Å². The minimum absolute atomic E-state index is 0.0470. The number of hydrogen-bond acceptors (Lipinski definition) is 9. The Morgan fingerprint density at radius 2 is 1.88 bits per heavy atom. The maximum absolute atomic E-state index is 13.3. The van der Waals surface area contributed by atoms with Crippen LogP contribution in [0.5, 0.6) is 11.5 Å². The van der Waals surface area contributed by atoms with Gasteiger partial charge in [-0.2, -0.15) is 0 Å². The van der Waals surface area contributed by atoms with E-state index in [0.29, 0.717) is 30.1 Å². The lowest BCUT2D eigenvalue weighted by Crippen LogP contribution is -2.34. The van der Waals surface area contributed by atoms with Crippen LogP contribution in [0, 0.1) is 0 Å². The molecule has 11 heteroatoms. The van der Waals surface area contributed by atoms with Gasteiger partial charge in [0.15, 0.2) is 12.6 Å². The summed E-state index contributed by atoms with van der Waals surface area (Å²) >= 11 is 0. The molecule has 1 saturated heterocycles. The second-order valence-electron chi connectivity index (χ2n) is 11.8.